The topological polar surface area (TPSA) is 56.1 Å². The average molecular weight is 460 g/mol. The average Bonchev–Trinajstić information content (AvgIpc) is 3.14. The lowest BCUT2D eigenvalue weighted by atomic mass is 9.83. The highest BCUT2D eigenvalue weighted by atomic mass is 35.5. The quantitative estimate of drug-likeness (QED) is 0.378. The summed E-state index contributed by atoms with van der Waals surface area (Å²) in [6, 6.07) is 10.5. The monoisotopic (exact) mass is 459 g/mol. The van der Waals surface area contributed by atoms with E-state index in [1.54, 1.807) is 0 Å². The second kappa shape index (κ2) is 8.93. The van der Waals surface area contributed by atoms with Crippen molar-refractivity contribution < 1.29 is 4.74 Å². The number of imidazole rings is 1. The first kappa shape index (κ1) is 21.0. The fraction of sp³-hybridized carbons (Fsp3) is 0.522. The molecule has 0 N–H and O–H groups in total. The van der Waals surface area contributed by atoms with E-state index in [4.69, 9.17) is 32.9 Å². The fourth-order valence-corrected chi connectivity index (χ4v) is 5.39. The molecule has 1 aromatic carbocycles. The second-order valence-electron chi connectivity index (χ2n) is 8.80. The maximum atomic E-state index is 6.57. The van der Waals surface area contributed by atoms with Crippen LogP contribution in [-0.4, -0.2) is 39.3 Å². The lowest BCUT2D eigenvalue weighted by Crippen LogP contribution is -2.41. The molecule has 3 heterocycles. The summed E-state index contributed by atoms with van der Waals surface area (Å²) in [5.74, 6) is 2.28. The number of halogens is 2. The Morgan fingerprint density at radius 1 is 1.03 bits per heavy atom. The Morgan fingerprint density at radius 3 is 2.58 bits per heavy atom. The highest BCUT2D eigenvalue weighted by molar-refractivity contribution is 6.35. The Balaban J connectivity index is 1.58. The number of fused-ring (bicyclic) bond motifs is 1. The van der Waals surface area contributed by atoms with E-state index < -0.39 is 0 Å². The van der Waals surface area contributed by atoms with Crippen molar-refractivity contribution in [2.45, 2.75) is 45.2 Å². The largest absolute Gasteiger partial charge is 0.377 e. The van der Waals surface area contributed by atoms with Gasteiger partial charge in [0, 0.05) is 13.1 Å². The zero-order valence-electron chi connectivity index (χ0n) is 17.7. The summed E-state index contributed by atoms with van der Waals surface area (Å²) in [7, 11) is 0. The van der Waals surface area contributed by atoms with Crippen LogP contribution in [0.4, 0.5) is 5.95 Å². The summed E-state index contributed by atoms with van der Waals surface area (Å²) >= 11 is 12.7. The minimum atomic E-state index is 0.0825. The summed E-state index contributed by atoms with van der Waals surface area (Å²) in [4.78, 5) is 15.9. The van der Waals surface area contributed by atoms with Gasteiger partial charge in [-0.25, -0.2) is 4.98 Å². The van der Waals surface area contributed by atoms with Crippen molar-refractivity contribution in [3.8, 4) is 0 Å². The third-order valence-corrected chi connectivity index (χ3v) is 7.09. The van der Waals surface area contributed by atoms with Gasteiger partial charge in [-0.15, -0.1) is 0 Å². The molecule has 0 amide bonds. The number of rotatable bonds is 4. The van der Waals surface area contributed by atoms with Crippen LogP contribution < -0.4 is 4.90 Å². The number of ether oxygens (including phenoxy) is 1. The number of morpholine rings is 1. The van der Waals surface area contributed by atoms with Gasteiger partial charge in [-0.05, 0) is 41.8 Å². The maximum Gasteiger partial charge on any atom is 0.225 e. The van der Waals surface area contributed by atoms with Crippen LogP contribution in [0.1, 0.15) is 44.2 Å². The molecule has 2 aromatic heterocycles. The first-order valence-corrected chi connectivity index (χ1v) is 11.8. The van der Waals surface area contributed by atoms with Crippen LogP contribution in [0.5, 0.6) is 0 Å². The molecule has 1 saturated heterocycles. The van der Waals surface area contributed by atoms with Crippen LogP contribution in [0.15, 0.2) is 30.3 Å². The summed E-state index contributed by atoms with van der Waals surface area (Å²) in [5.41, 5.74) is 2.54. The normalized spacial score (nSPS) is 24.6. The minimum absolute atomic E-state index is 0.0825. The van der Waals surface area contributed by atoms with Gasteiger partial charge in [-0.2, -0.15) is 9.97 Å². The standard InChI is InChI=1S/C23H27Cl2N5O/c1-15-7-9-16(10-8-15)13-30-19-20(24)26-22(25)27-21(19)28-23(30)29-11-12-31-14-18(29)17-5-3-2-4-6-17/h2-6,15-16,18H,7-14H2,1H3. The van der Waals surface area contributed by atoms with E-state index in [9.17, 15) is 0 Å². The van der Waals surface area contributed by atoms with Crippen LogP contribution in [0.3, 0.4) is 0 Å². The number of hydrogen-bond acceptors (Lipinski definition) is 5. The van der Waals surface area contributed by atoms with E-state index in [-0.39, 0.29) is 11.3 Å². The predicted molar refractivity (Wildman–Crippen MR) is 124 cm³/mol. The van der Waals surface area contributed by atoms with Gasteiger partial charge in [-0.3, -0.25) is 0 Å². The van der Waals surface area contributed by atoms with E-state index in [1.807, 2.05) is 6.07 Å². The summed E-state index contributed by atoms with van der Waals surface area (Å²) in [6.07, 6.45) is 4.98. The van der Waals surface area contributed by atoms with Crippen LogP contribution in [0.2, 0.25) is 10.4 Å². The van der Waals surface area contributed by atoms with Crippen LogP contribution in [0, 0.1) is 11.8 Å². The van der Waals surface area contributed by atoms with Crippen molar-refractivity contribution in [1.29, 1.82) is 0 Å². The van der Waals surface area contributed by atoms with Gasteiger partial charge in [0.25, 0.3) is 0 Å². The number of anilines is 1. The summed E-state index contributed by atoms with van der Waals surface area (Å²) in [6.45, 7) is 5.24. The molecule has 1 saturated carbocycles. The first-order valence-electron chi connectivity index (χ1n) is 11.1. The van der Waals surface area contributed by atoms with E-state index in [2.05, 4.69) is 50.6 Å². The molecule has 0 radical (unpaired) electrons. The molecular formula is C23H27Cl2N5O. The lowest BCUT2D eigenvalue weighted by molar-refractivity contribution is 0.0927. The molecule has 0 spiro atoms. The summed E-state index contributed by atoms with van der Waals surface area (Å²) in [5, 5.41) is 0.490. The molecule has 5 rings (SSSR count). The highest BCUT2D eigenvalue weighted by Crippen LogP contribution is 2.36. The Kier molecular flexibility index (Phi) is 6.04. The van der Waals surface area contributed by atoms with Crippen LogP contribution in [-0.2, 0) is 11.3 Å². The molecule has 164 valence electrons. The zero-order chi connectivity index (χ0) is 21.4. The van der Waals surface area contributed by atoms with Gasteiger partial charge in [-0.1, -0.05) is 61.7 Å². The van der Waals surface area contributed by atoms with Crippen LogP contribution in [0.25, 0.3) is 11.2 Å². The SMILES string of the molecule is CC1CCC(Cn2c(N3CCOCC3c3ccccc3)nc3nc(Cl)nc(Cl)c32)CC1. The molecule has 8 heteroatoms. The van der Waals surface area contributed by atoms with E-state index in [0.717, 1.165) is 30.5 Å². The van der Waals surface area contributed by atoms with Gasteiger partial charge in [0.15, 0.2) is 10.8 Å². The molecule has 0 bridgehead atoms. The molecule has 2 fully saturated rings. The van der Waals surface area contributed by atoms with E-state index in [0.29, 0.717) is 29.9 Å². The Hall–Kier alpha value is -1.89. The molecular weight excluding hydrogens is 433 g/mol. The van der Waals surface area contributed by atoms with Gasteiger partial charge in [0.2, 0.25) is 11.2 Å². The molecule has 1 unspecified atom stereocenters. The maximum absolute atomic E-state index is 6.57. The van der Waals surface area contributed by atoms with E-state index in [1.165, 1.54) is 31.2 Å². The Labute approximate surface area is 192 Å². The van der Waals surface area contributed by atoms with Gasteiger partial charge < -0.3 is 14.2 Å². The Bertz CT molecular complexity index is 1050. The van der Waals surface area contributed by atoms with Crippen molar-refractivity contribution in [2.75, 3.05) is 24.7 Å². The van der Waals surface area contributed by atoms with Crippen molar-refractivity contribution in [2.24, 2.45) is 11.8 Å². The molecule has 1 atom stereocenters. The van der Waals surface area contributed by atoms with Crippen molar-refractivity contribution >= 4 is 40.3 Å². The van der Waals surface area contributed by atoms with Crippen molar-refractivity contribution in [1.82, 2.24) is 19.5 Å². The predicted octanol–water partition coefficient (Wildman–Crippen LogP) is 5.54. The molecule has 2 aliphatic rings. The minimum Gasteiger partial charge on any atom is -0.377 e. The first-order chi connectivity index (χ1) is 15.1. The Morgan fingerprint density at radius 2 is 1.81 bits per heavy atom. The third-order valence-electron chi connectivity index (χ3n) is 6.66. The highest BCUT2D eigenvalue weighted by Gasteiger charge is 2.31. The lowest BCUT2D eigenvalue weighted by Gasteiger charge is -2.37. The second-order valence-corrected chi connectivity index (χ2v) is 9.49. The van der Waals surface area contributed by atoms with Gasteiger partial charge in [0.1, 0.15) is 5.52 Å². The molecule has 1 aliphatic carbocycles. The van der Waals surface area contributed by atoms with Gasteiger partial charge >= 0.3 is 0 Å². The van der Waals surface area contributed by atoms with Crippen LogP contribution >= 0.6 is 23.2 Å². The van der Waals surface area contributed by atoms with Gasteiger partial charge in [0.05, 0.1) is 19.3 Å². The zero-order valence-corrected chi connectivity index (χ0v) is 19.2. The fourth-order valence-electron chi connectivity index (χ4n) is 4.91. The number of aromatic nitrogens is 4. The summed E-state index contributed by atoms with van der Waals surface area (Å²) < 4.78 is 8.08. The van der Waals surface area contributed by atoms with Crippen molar-refractivity contribution in [3.63, 3.8) is 0 Å². The third kappa shape index (κ3) is 4.26. The molecule has 1 aliphatic heterocycles. The number of hydrogen-bond donors (Lipinski definition) is 0. The van der Waals surface area contributed by atoms with Crippen molar-refractivity contribution in [3.05, 3.63) is 46.3 Å². The number of nitrogens with zero attached hydrogens (tertiary/aromatic N) is 5. The van der Waals surface area contributed by atoms with E-state index >= 15 is 0 Å². The smallest absolute Gasteiger partial charge is 0.225 e. The molecule has 3 aromatic rings. The molecule has 31 heavy (non-hydrogen) atoms. The number of benzene rings is 1. The molecule has 6 nitrogen and oxygen atoms in total.